The molecular formula is C11H10N4O. The van der Waals surface area contributed by atoms with E-state index in [1.54, 1.807) is 12.3 Å². The van der Waals surface area contributed by atoms with Gasteiger partial charge in [0, 0.05) is 18.0 Å². The van der Waals surface area contributed by atoms with Crippen molar-refractivity contribution in [1.82, 2.24) is 4.98 Å². The molecule has 0 atom stereocenters. The first-order chi connectivity index (χ1) is 7.76. The maximum Gasteiger partial charge on any atom is 0.143 e. The van der Waals surface area contributed by atoms with Crippen molar-refractivity contribution in [2.45, 2.75) is 6.42 Å². The highest BCUT2D eigenvalue weighted by Crippen LogP contribution is 2.21. The van der Waals surface area contributed by atoms with Gasteiger partial charge in [-0.3, -0.25) is 0 Å². The normalized spacial score (nSPS) is 11.6. The van der Waals surface area contributed by atoms with Crippen LogP contribution in [0.15, 0.2) is 29.6 Å². The Morgan fingerprint density at radius 2 is 2.38 bits per heavy atom. The summed E-state index contributed by atoms with van der Waals surface area (Å²) in [6.45, 7) is 0. The van der Waals surface area contributed by atoms with Gasteiger partial charge in [-0.05, 0) is 11.6 Å². The number of hydrogen-bond acceptors (Lipinski definition) is 3. The zero-order valence-electron chi connectivity index (χ0n) is 8.44. The molecule has 0 spiro atoms. The third-order valence-electron chi connectivity index (χ3n) is 2.42. The molecule has 0 fully saturated rings. The lowest BCUT2D eigenvalue weighted by atomic mass is 10.1. The van der Waals surface area contributed by atoms with E-state index in [2.05, 4.69) is 16.2 Å². The number of fused-ring (bicyclic) bond motifs is 1. The van der Waals surface area contributed by atoms with Crippen LogP contribution in [0.25, 0.3) is 10.9 Å². The summed E-state index contributed by atoms with van der Waals surface area (Å²) < 4.78 is 0. The van der Waals surface area contributed by atoms with Crippen molar-refractivity contribution >= 4 is 16.7 Å². The molecule has 0 bridgehead atoms. The van der Waals surface area contributed by atoms with E-state index in [1.807, 2.05) is 12.1 Å². The standard InChI is InChI=1S/C11H10N4O/c12-5-7-2-1-3-9-8(4-10(13)15-16)6-14-11(7)9/h1-3,6,14,16H,4H2,(H2,13,15). The zero-order chi connectivity index (χ0) is 11.5. The lowest BCUT2D eigenvalue weighted by Crippen LogP contribution is -2.14. The second kappa shape index (κ2) is 3.95. The van der Waals surface area contributed by atoms with Crippen molar-refractivity contribution in [2.75, 3.05) is 0 Å². The van der Waals surface area contributed by atoms with Gasteiger partial charge in [0.2, 0.25) is 0 Å². The van der Waals surface area contributed by atoms with Crippen LogP contribution < -0.4 is 5.73 Å². The third-order valence-corrected chi connectivity index (χ3v) is 2.42. The molecule has 1 aromatic heterocycles. The Morgan fingerprint density at radius 1 is 1.56 bits per heavy atom. The molecule has 0 saturated heterocycles. The van der Waals surface area contributed by atoms with Gasteiger partial charge in [0.1, 0.15) is 11.9 Å². The predicted octanol–water partition coefficient (Wildman–Crippen LogP) is 1.33. The summed E-state index contributed by atoms with van der Waals surface area (Å²) in [4.78, 5) is 3.02. The molecule has 4 N–H and O–H groups in total. The monoisotopic (exact) mass is 214 g/mol. The first kappa shape index (κ1) is 10.1. The fourth-order valence-corrected chi connectivity index (χ4v) is 1.68. The number of H-pyrrole nitrogens is 1. The summed E-state index contributed by atoms with van der Waals surface area (Å²) in [5.41, 5.74) is 7.72. The molecule has 0 radical (unpaired) electrons. The highest BCUT2D eigenvalue weighted by molar-refractivity contribution is 5.92. The maximum atomic E-state index is 8.91. The molecule has 0 aliphatic carbocycles. The summed E-state index contributed by atoms with van der Waals surface area (Å²) in [5.74, 6) is 0.142. The summed E-state index contributed by atoms with van der Waals surface area (Å²) in [6.07, 6.45) is 2.12. The Bertz CT molecular complexity index is 592. The number of aromatic nitrogens is 1. The van der Waals surface area contributed by atoms with E-state index < -0.39 is 0 Å². The van der Waals surface area contributed by atoms with E-state index in [0.717, 1.165) is 16.5 Å². The topological polar surface area (TPSA) is 98.2 Å². The molecule has 0 saturated carbocycles. The van der Waals surface area contributed by atoms with Gasteiger partial charge in [-0.25, -0.2) is 0 Å². The second-order valence-electron chi connectivity index (χ2n) is 3.42. The molecule has 80 valence electrons. The predicted molar refractivity (Wildman–Crippen MR) is 60.1 cm³/mol. The molecule has 5 nitrogen and oxygen atoms in total. The Morgan fingerprint density at radius 3 is 3.06 bits per heavy atom. The number of nitrogens with zero attached hydrogens (tertiary/aromatic N) is 2. The molecular weight excluding hydrogens is 204 g/mol. The van der Waals surface area contributed by atoms with Crippen LogP contribution >= 0.6 is 0 Å². The molecule has 2 rings (SSSR count). The first-order valence-corrected chi connectivity index (χ1v) is 4.71. The van der Waals surface area contributed by atoms with Crippen LogP contribution in [0, 0.1) is 11.3 Å². The minimum atomic E-state index is 0.142. The van der Waals surface area contributed by atoms with E-state index in [0.29, 0.717) is 12.0 Å². The van der Waals surface area contributed by atoms with Crippen molar-refractivity contribution in [2.24, 2.45) is 10.9 Å². The average Bonchev–Trinajstić information content (AvgIpc) is 2.72. The van der Waals surface area contributed by atoms with Crippen LogP contribution in [0.1, 0.15) is 11.1 Å². The smallest absolute Gasteiger partial charge is 0.143 e. The van der Waals surface area contributed by atoms with Gasteiger partial charge in [0.05, 0.1) is 11.1 Å². The van der Waals surface area contributed by atoms with Gasteiger partial charge in [0.15, 0.2) is 0 Å². The number of nitrogens with two attached hydrogens (primary N) is 1. The van der Waals surface area contributed by atoms with Gasteiger partial charge in [-0.15, -0.1) is 0 Å². The molecule has 16 heavy (non-hydrogen) atoms. The van der Waals surface area contributed by atoms with E-state index in [9.17, 15) is 0 Å². The fraction of sp³-hybridized carbons (Fsp3) is 0.0909. The van der Waals surface area contributed by atoms with Gasteiger partial charge in [-0.1, -0.05) is 17.3 Å². The number of benzene rings is 1. The zero-order valence-corrected chi connectivity index (χ0v) is 8.44. The van der Waals surface area contributed by atoms with E-state index >= 15 is 0 Å². The number of para-hydroxylation sites is 1. The summed E-state index contributed by atoms with van der Waals surface area (Å²) in [7, 11) is 0. The molecule has 5 heteroatoms. The third kappa shape index (κ3) is 1.57. The largest absolute Gasteiger partial charge is 0.409 e. The first-order valence-electron chi connectivity index (χ1n) is 4.71. The number of aromatic amines is 1. The minimum Gasteiger partial charge on any atom is -0.409 e. The lowest BCUT2D eigenvalue weighted by Gasteiger charge is -1.97. The number of nitriles is 1. The van der Waals surface area contributed by atoms with Crippen LogP contribution in [-0.4, -0.2) is 16.0 Å². The Hall–Kier alpha value is -2.48. The fourth-order valence-electron chi connectivity index (χ4n) is 1.68. The quantitative estimate of drug-likeness (QED) is 0.304. The van der Waals surface area contributed by atoms with Crippen LogP contribution in [-0.2, 0) is 6.42 Å². The summed E-state index contributed by atoms with van der Waals surface area (Å²) in [5, 5.41) is 21.3. The second-order valence-corrected chi connectivity index (χ2v) is 3.42. The van der Waals surface area contributed by atoms with Crippen molar-refractivity contribution in [1.29, 1.82) is 5.26 Å². The summed E-state index contributed by atoms with van der Waals surface area (Å²) >= 11 is 0. The molecule has 1 aromatic carbocycles. The van der Waals surface area contributed by atoms with Crippen molar-refractivity contribution in [3.05, 3.63) is 35.5 Å². The Balaban J connectivity index is 2.54. The SMILES string of the molecule is N#Cc1cccc2c(C/C(N)=N/O)c[nH]c12. The van der Waals surface area contributed by atoms with Crippen molar-refractivity contribution in [3.8, 4) is 6.07 Å². The number of nitrogens with one attached hydrogen (secondary N) is 1. The number of hydrogen-bond donors (Lipinski definition) is 3. The van der Waals surface area contributed by atoms with Crippen LogP contribution in [0.2, 0.25) is 0 Å². The molecule has 0 unspecified atom stereocenters. The number of oxime groups is 1. The lowest BCUT2D eigenvalue weighted by molar-refractivity contribution is 0.317. The Kier molecular flexibility index (Phi) is 2.48. The summed E-state index contributed by atoms with van der Waals surface area (Å²) in [6, 6.07) is 7.56. The van der Waals surface area contributed by atoms with E-state index in [4.69, 9.17) is 16.2 Å². The van der Waals surface area contributed by atoms with Gasteiger partial charge >= 0.3 is 0 Å². The van der Waals surface area contributed by atoms with Crippen LogP contribution in [0.4, 0.5) is 0 Å². The van der Waals surface area contributed by atoms with Gasteiger partial charge in [0.25, 0.3) is 0 Å². The Labute approximate surface area is 91.8 Å². The van der Waals surface area contributed by atoms with Gasteiger partial charge in [-0.2, -0.15) is 5.26 Å². The van der Waals surface area contributed by atoms with Crippen molar-refractivity contribution in [3.63, 3.8) is 0 Å². The van der Waals surface area contributed by atoms with E-state index in [-0.39, 0.29) is 5.84 Å². The van der Waals surface area contributed by atoms with Crippen molar-refractivity contribution < 1.29 is 5.21 Å². The number of rotatable bonds is 2. The molecule has 0 amide bonds. The molecule has 0 aliphatic rings. The van der Waals surface area contributed by atoms with Crippen LogP contribution in [0.3, 0.4) is 0 Å². The molecule has 0 aliphatic heterocycles. The average molecular weight is 214 g/mol. The minimum absolute atomic E-state index is 0.142. The highest BCUT2D eigenvalue weighted by Gasteiger charge is 2.08. The maximum absolute atomic E-state index is 8.91. The highest BCUT2D eigenvalue weighted by atomic mass is 16.4. The molecule has 2 aromatic rings. The van der Waals surface area contributed by atoms with Gasteiger partial charge < -0.3 is 15.9 Å². The van der Waals surface area contributed by atoms with Crippen LogP contribution in [0.5, 0.6) is 0 Å². The van der Waals surface area contributed by atoms with E-state index in [1.165, 1.54) is 0 Å². The molecule has 1 heterocycles. The number of amidine groups is 1.